The molecule has 2 aromatic rings. The lowest BCUT2D eigenvalue weighted by Crippen LogP contribution is -2.74. The van der Waals surface area contributed by atoms with Gasteiger partial charge in [0.05, 0.1) is 17.7 Å². The minimum absolute atomic E-state index is 0.0801. The second kappa shape index (κ2) is 7.61. The lowest BCUT2D eigenvalue weighted by atomic mass is 9.49. The Morgan fingerprint density at radius 3 is 2.17 bits per heavy atom. The maximum Gasteiger partial charge on any atom is 0.251 e. The van der Waals surface area contributed by atoms with Crippen molar-refractivity contribution in [2.45, 2.75) is 39.8 Å². The zero-order valence-corrected chi connectivity index (χ0v) is 18.0. The van der Waals surface area contributed by atoms with Gasteiger partial charge in [0.15, 0.2) is 0 Å². The average Bonchev–Trinajstić information content (AvgIpc) is 2.69. The summed E-state index contributed by atoms with van der Waals surface area (Å²) in [6.45, 7) is 8.31. The van der Waals surface area contributed by atoms with E-state index in [4.69, 9.17) is 26.3 Å². The van der Waals surface area contributed by atoms with Crippen molar-refractivity contribution in [3.63, 3.8) is 0 Å². The molecule has 0 bridgehead atoms. The van der Waals surface area contributed by atoms with Crippen LogP contribution in [0.1, 0.15) is 43.6 Å². The van der Waals surface area contributed by atoms with Gasteiger partial charge in [0.25, 0.3) is 5.91 Å². The predicted molar refractivity (Wildman–Crippen MR) is 112 cm³/mol. The predicted octanol–water partition coefficient (Wildman–Crippen LogP) is 4.83. The number of amides is 1. The van der Waals surface area contributed by atoms with Gasteiger partial charge in [-0.05, 0) is 36.4 Å². The number of nitrogens with zero attached hydrogens (tertiary/aromatic N) is 1. The van der Waals surface area contributed by atoms with E-state index in [1.165, 1.54) is 0 Å². The summed E-state index contributed by atoms with van der Waals surface area (Å²) in [4.78, 5) is 12.8. The number of nitrogens with one attached hydrogen (secondary N) is 1. The van der Waals surface area contributed by atoms with Crippen molar-refractivity contribution in [2.75, 3.05) is 7.11 Å². The first-order valence-electron chi connectivity index (χ1n) is 9.42. The van der Waals surface area contributed by atoms with E-state index >= 15 is 0 Å². The molecule has 0 unspecified atom stereocenters. The third kappa shape index (κ3) is 3.77. The lowest BCUT2D eigenvalue weighted by molar-refractivity contribution is -0.164. The molecule has 6 heteroatoms. The Labute approximate surface area is 176 Å². The summed E-state index contributed by atoms with van der Waals surface area (Å²) >= 11 is 6.13. The Morgan fingerprint density at radius 2 is 1.66 bits per heavy atom. The molecule has 1 aliphatic carbocycles. The summed E-state index contributed by atoms with van der Waals surface area (Å²) < 4.78 is 11.4. The van der Waals surface area contributed by atoms with Gasteiger partial charge < -0.3 is 14.8 Å². The standard InChI is InChI=1S/C23H25ClN2O3/c1-22(2)20(26-19(27)14-6-9-16(28-5)10-7-14)23(3,4)21(22)29-17-11-8-15(13-25)18(24)12-17/h6-12,20-21H,1-5H3,(H,26,27)/t20-,21-. The lowest BCUT2D eigenvalue weighted by Gasteiger charge is -2.63. The van der Waals surface area contributed by atoms with E-state index in [0.717, 1.165) is 0 Å². The minimum atomic E-state index is -0.300. The van der Waals surface area contributed by atoms with Crippen LogP contribution in [0.5, 0.6) is 11.5 Å². The highest BCUT2D eigenvalue weighted by molar-refractivity contribution is 6.31. The monoisotopic (exact) mass is 412 g/mol. The Kier molecular flexibility index (Phi) is 5.51. The first-order valence-corrected chi connectivity index (χ1v) is 9.80. The first-order chi connectivity index (χ1) is 13.6. The van der Waals surface area contributed by atoms with E-state index in [1.54, 1.807) is 49.6 Å². The van der Waals surface area contributed by atoms with Gasteiger partial charge in [-0.1, -0.05) is 39.3 Å². The molecule has 1 saturated carbocycles. The van der Waals surface area contributed by atoms with Crippen LogP contribution in [0.15, 0.2) is 42.5 Å². The molecule has 0 atom stereocenters. The molecule has 3 rings (SSSR count). The minimum Gasteiger partial charge on any atom is -0.497 e. The van der Waals surface area contributed by atoms with E-state index < -0.39 is 0 Å². The number of carbonyl (C=O) groups is 1. The molecule has 2 aromatic carbocycles. The molecular weight excluding hydrogens is 388 g/mol. The van der Waals surface area contributed by atoms with Crippen LogP contribution in [0, 0.1) is 22.2 Å². The van der Waals surface area contributed by atoms with Crippen molar-refractivity contribution < 1.29 is 14.3 Å². The van der Waals surface area contributed by atoms with Crippen LogP contribution in [0.2, 0.25) is 5.02 Å². The number of halogens is 1. The fourth-order valence-corrected chi connectivity index (χ4v) is 4.77. The molecule has 0 radical (unpaired) electrons. The molecule has 1 aliphatic rings. The summed E-state index contributed by atoms with van der Waals surface area (Å²) in [7, 11) is 1.59. The van der Waals surface area contributed by atoms with Gasteiger partial charge in [0, 0.05) is 28.5 Å². The normalized spacial score (nSPS) is 21.4. The highest BCUT2D eigenvalue weighted by Gasteiger charge is 2.64. The van der Waals surface area contributed by atoms with Gasteiger partial charge in [0.2, 0.25) is 0 Å². The van der Waals surface area contributed by atoms with Crippen molar-refractivity contribution >= 4 is 17.5 Å². The molecule has 0 saturated heterocycles. The fraction of sp³-hybridized carbons (Fsp3) is 0.391. The van der Waals surface area contributed by atoms with Gasteiger partial charge >= 0.3 is 0 Å². The molecule has 1 fully saturated rings. The number of ether oxygens (including phenoxy) is 2. The zero-order valence-electron chi connectivity index (χ0n) is 17.2. The number of benzene rings is 2. The van der Waals surface area contributed by atoms with Crippen molar-refractivity contribution in [3.05, 3.63) is 58.6 Å². The van der Waals surface area contributed by atoms with Gasteiger partial charge in [-0.15, -0.1) is 0 Å². The maximum absolute atomic E-state index is 12.8. The molecule has 152 valence electrons. The zero-order chi connectivity index (χ0) is 21.4. The summed E-state index contributed by atoms with van der Waals surface area (Å²) in [5.74, 6) is 1.19. The molecule has 5 nitrogen and oxygen atoms in total. The fourth-order valence-electron chi connectivity index (χ4n) is 4.55. The Balaban J connectivity index is 1.74. The summed E-state index contributed by atoms with van der Waals surface area (Å²) in [5.41, 5.74) is 0.397. The van der Waals surface area contributed by atoms with Crippen LogP contribution in [0.4, 0.5) is 0 Å². The molecule has 0 spiro atoms. The Morgan fingerprint density at radius 1 is 1.07 bits per heavy atom. The number of hydrogen-bond acceptors (Lipinski definition) is 4. The van der Waals surface area contributed by atoms with Crippen LogP contribution in [-0.2, 0) is 0 Å². The average molecular weight is 413 g/mol. The second-order valence-electron chi connectivity index (χ2n) is 8.53. The molecule has 0 aliphatic heterocycles. The van der Waals surface area contributed by atoms with E-state index in [2.05, 4.69) is 33.0 Å². The first kappa shape index (κ1) is 21.0. The molecule has 0 heterocycles. The van der Waals surface area contributed by atoms with E-state index in [0.29, 0.717) is 27.6 Å². The van der Waals surface area contributed by atoms with Crippen molar-refractivity contribution in [2.24, 2.45) is 10.8 Å². The smallest absolute Gasteiger partial charge is 0.251 e. The highest BCUT2D eigenvalue weighted by Crippen LogP contribution is 2.55. The molecule has 1 amide bonds. The third-order valence-corrected chi connectivity index (χ3v) is 6.09. The highest BCUT2D eigenvalue weighted by atomic mass is 35.5. The Hall–Kier alpha value is -2.71. The number of carbonyl (C=O) groups excluding carboxylic acids is 1. The quantitative estimate of drug-likeness (QED) is 0.763. The van der Waals surface area contributed by atoms with Crippen LogP contribution in [0.3, 0.4) is 0 Å². The van der Waals surface area contributed by atoms with Crippen molar-refractivity contribution in [3.8, 4) is 17.6 Å². The SMILES string of the molecule is COc1ccc(C(=O)N[C@H]2C(C)(C)[C@H](Oc3ccc(C#N)c(Cl)c3)C2(C)C)cc1. The summed E-state index contributed by atoms with van der Waals surface area (Å²) in [6.07, 6.45) is -0.139. The third-order valence-electron chi connectivity index (χ3n) is 5.78. The number of methoxy groups -OCH3 is 1. The van der Waals surface area contributed by atoms with Gasteiger partial charge in [0.1, 0.15) is 23.7 Å². The Bertz CT molecular complexity index is 945. The van der Waals surface area contributed by atoms with Crippen molar-refractivity contribution in [1.82, 2.24) is 5.32 Å². The molecule has 29 heavy (non-hydrogen) atoms. The van der Waals surface area contributed by atoms with Crippen LogP contribution < -0.4 is 14.8 Å². The molecular formula is C23H25ClN2O3. The van der Waals surface area contributed by atoms with Gasteiger partial charge in [-0.3, -0.25) is 4.79 Å². The van der Waals surface area contributed by atoms with Crippen LogP contribution in [-0.4, -0.2) is 25.2 Å². The van der Waals surface area contributed by atoms with Crippen molar-refractivity contribution in [1.29, 1.82) is 5.26 Å². The van der Waals surface area contributed by atoms with E-state index in [9.17, 15) is 4.79 Å². The number of nitriles is 1. The number of hydrogen-bond donors (Lipinski definition) is 1. The van der Waals surface area contributed by atoms with E-state index in [1.807, 2.05) is 6.07 Å². The summed E-state index contributed by atoms with van der Waals surface area (Å²) in [6, 6.07) is 14.1. The molecule has 0 aromatic heterocycles. The molecule has 1 N–H and O–H groups in total. The van der Waals surface area contributed by atoms with E-state index in [-0.39, 0.29) is 28.9 Å². The topological polar surface area (TPSA) is 71.3 Å². The number of rotatable bonds is 5. The van der Waals surface area contributed by atoms with Crippen LogP contribution in [0.25, 0.3) is 0 Å². The maximum atomic E-state index is 12.8. The largest absolute Gasteiger partial charge is 0.497 e. The van der Waals surface area contributed by atoms with Crippen LogP contribution >= 0.6 is 11.6 Å². The summed E-state index contributed by atoms with van der Waals surface area (Å²) in [5, 5.41) is 12.6. The van der Waals surface area contributed by atoms with Gasteiger partial charge in [-0.25, -0.2) is 0 Å². The van der Waals surface area contributed by atoms with Gasteiger partial charge in [-0.2, -0.15) is 5.26 Å². The second-order valence-corrected chi connectivity index (χ2v) is 8.94.